The van der Waals surface area contributed by atoms with Gasteiger partial charge in [-0.15, -0.1) is 0 Å². The van der Waals surface area contributed by atoms with Gasteiger partial charge in [-0.2, -0.15) is 0 Å². The molecule has 3 aromatic rings. The lowest BCUT2D eigenvalue weighted by Crippen LogP contribution is -2.24. The molecule has 152 valence electrons. The van der Waals surface area contributed by atoms with Gasteiger partial charge in [-0.3, -0.25) is 9.36 Å². The highest BCUT2D eigenvalue weighted by Crippen LogP contribution is 2.33. The van der Waals surface area contributed by atoms with E-state index in [1.807, 2.05) is 12.1 Å². The van der Waals surface area contributed by atoms with Crippen molar-refractivity contribution in [3.05, 3.63) is 79.6 Å². The van der Waals surface area contributed by atoms with Crippen LogP contribution in [-0.2, 0) is 6.54 Å². The first-order chi connectivity index (χ1) is 13.8. The van der Waals surface area contributed by atoms with Crippen LogP contribution in [0.2, 0.25) is 5.02 Å². The molecule has 0 radical (unpaired) electrons. The maximum atomic E-state index is 14.4. The molecule has 0 spiro atoms. The van der Waals surface area contributed by atoms with E-state index >= 15 is 0 Å². The van der Waals surface area contributed by atoms with E-state index in [4.69, 9.17) is 21.1 Å². The van der Waals surface area contributed by atoms with Gasteiger partial charge in [-0.05, 0) is 46.6 Å². The first kappa shape index (κ1) is 21.3. The normalized spacial score (nSPS) is 11.9. The molecule has 9 heteroatoms. The standard InChI is InChI=1S/C20H17BrClFN2O4/c1-11(26)18-19(29-16-8-13(22)7-15(21)17(16)23)20(27)25(10-24-18)9-12-3-5-14(28-2)6-4-12/h3-8,10-11,26H,9H2,1-2H3. The van der Waals surface area contributed by atoms with Crippen LogP contribution < -0.4 is 15.0 Å². The molecular weight excluding hydrogens is 467 g/mol. The van der Waals surface area contributed by atoms with Crippen molar-refractivity contribution in [1.82, 2.24) is 9.55 Å². The Bertz CT molecular complexity index is 1090. The summed E-state index contributed by atoms with van der Waals surface area (Å²) in [5.41, 5.74) is 0.251. The third-order valence-corrected chi connectivity index (χ3v) is 4.90. The predicted octanol–water partition coefficient (Wildman–Crippen LogP) is 4.70. The van der Waals surface area contributed by atoms with Gasteiger partial charge in [0.25, 0.3) is 5.56 Å². The molecule has 0 saturated heterocycles. The highest BCUT2D eigenvalue weighted by atomic mass is 79.9. The Hall–Kier alpha value is -2.42. The highest BCUT2D eigenvalue weighted by Gasteiger charge is 2.21. The summed E-state index contributed by atoms with van der Waals surface area (Å²) in [5, 5.41) is 10.2. The van der Waals surface area contributed by atoms with Crippen LogP contribution in [0.25, 0.3) is 0 Å². The zero-order valence-electron chi connectivity index (χ0n) is 15.5. The molecule has 3 rings (SSSR count). The van der Waals surface area contributed by atoms with Gasteiger partial charge in [-0.25, -0.2) is 9.37 Å². The Balaban J connectivity index is 2.03. The summed E-state index contributed by atoms with van der Waals surface area (Å²) >= 11 is 9.01. The molecule has 0 aliphatic rings. The van der Waals surface area contributed by atoms with E-state index in [0.29, 0.717) is 5.75 Å². The van der Waals surface area contributed by atoms with E-state index < -0.39 is 17.5 Å². The van der Waals surface area contributed by atoms with Crippen molar-refractivity contribution in [2.45, 2.75) is 19.6 Å². The van der Waals surface area contributed by atoms with E-state index in [9.17, 15) is 14.3 Å². The number of halogens is 3. The molecule has 0 aliphatic heterocycles. The maximum Gasteiger partial charge on any atom is 0.297 e. The molecule has 0 aliphatic carbocycles. The fraction of sp³-hybridized carbons (Fsp3) is 0.200. The molecule has 6 nitrogen and oxygen atoms in total. The van der Waals surface area contributed by atoms with Crippen LogP contribution in [0.1, 0.15) is 24.3 Å². The molecule has 0 bridgehead atoms. The molecule has 1 heterocycles. The number of hydrogen-bond acceptors (Lipinski definition) is 5. The highest BCUT2D eigenvalue weighted by molar-refractivity contribution is 9.10. The lowest BCUT2D eigenvalue weighted by Gasteiger charge is -2.15. The molecule has 1 N–H and O–H groups in total. The first-order valence-corrected chi connectivity index (χ1v) is 9.70. The van der Waals surface area contributed by atoms with Crippen molar-refractivity contribution in [1.29, 1.82) is 0 Å². The zero-order chi connectivity index (χ0) is 21.1. The van der Waals surface area contributed by atoms with Crippen LogP contribution in [0.15, 0.2) is 52.0 Å². The minimum atomic E-state index is -1.10. The lowest BCUT2D eigenvalue weighted by atomic mass is 10.2. The molecule has 1 atom stereocenters. The molecular formula is C20H17BrClFN2O4. The molecule has 0 saturated carbocycles. The van der Waals surface area contributed by atoms with E-state index in [-0.39, 0.29) is 33.2 Å². The minimum Gasteiger partial charge on any atom is -0.497 e. The monoisotopic (exact) mass is 482 g/mol. The van der Waals surface area contributed by atoms with E-state index in [1.165, 1.54) is 30.0 Å². The number of aliphatic hydroxyl groups is 1. The van der Waals surface area contributed by atoms with Crippen molar-refractivity contribution >= 4 is 27.5 Å². The van der Waals surface area contributed by atoms with Gasteiger partial charge in [-0.1, -0.05) is 23.7 Å². The largest absolute Gasteiger partial charge is 0.497 e. The van der Waals surface area contributed by atoms with Crippen LogP contribution in [0.4, 0.5) is 4.39 Å². The third kappa shape index (κ3) is 4.77. The van der Waals surface area contributed by atoms with Crippen molar-refractivity contribution in [2.24, 2.45) is 0 Å². The summed E-state index contributed by atoms with van der Waals surface area (Å²) in [6.07, 6.45) is 0.213. The van der Waals surface area contributed by atoms with Crippen LogP contribution in [0, 0.1) is 5.82 Å². The Kier molecular flexibility index (Phi) is 6.56. The average Bonchev–Trinajstić information content (AvgIpc) is 2.69. The summed E-state index contributed by atoms with van der Waals surface area (Å²) in [5.74, 6) is -0.568. The molecule has 0 fully saturated rings. The van der Waals surface area contributed by atoms with Gasteiger partial charge in [0.05, 0.1) is 30.6 Å². The summed E-state index contributed by atoms with van der Waals surface area (Å²) in [6.45, 7) is 1.64. The summed E-state index contributed by atoms with van der Waals surface area (Å²) in [6, 6.07) is 9.77. The van der Waals surface area contributed by atoms with E-state index in [2.05, 4.69) is 20.9 Å². The Morgan fingerprint density at radius 3 is 2.62 bits per heavy atom. The fourth-order valence-electron chi connectivity index (χ4n) is 2.63. The number of aliphatic hydroxyl groups excluding tert-OH is 1. The third-order valence-electron chi connectivity index (χ3n) is 4.10. The van der Waals surface area contributed by atoms with Gasteiger partial charge in [0.2, 0.25) is 5.75 Å². The number of methoxy groups -OCH3 is 1. The molecule has 1 unspecified atom stereocenters. The second kappa shape index (κ2) is 8.94. The summed E-state index contributed by atoms with van der Waals surface area (Å²) in [7, 11) is 1.56. The van der Waals surface area contributed by atoms with Crippen LogP contribution in [0.5, 0.6) is 17.2 Å². The Morgan fingerprint density at radius 2 is 2.00 bits per heavy atom. The van der Waals surface area contributed by atoms with Gasteiger partial charge in [0.15, 0.2) is 11.6 Å². The van der Waals surface area contributed by atoms with Gasteiger partial charge in [0.1, 0.15) is 11.4 Å². The summed E-state index contributed by atoms with van der Waals surface area (Å²) in [4.78, 5) is 17.1. The summed E-state index contributed by atoms with van der Waals surface area (Å²) < 4.78 is 26.5. The lowest BCUT2D eigenvalue weighted by molar-refractivity contribution is 0.189. The quantitative estimate of drug-likeness (QED) is 0.515. The number of hydrogen-bond donors (Lipinski definition) is 1. The molecule has 1 aromatic heterocycles. The van der Waals surface area contributed by atoms with Crippen LogP contribution in [-0.4, -0.2) is 21.8 Å². The smallest absolute Gasteiger partial charge is 0.297 e. The second-order valence-corrected chi connectivity index (χ2v) is 7.51. The van der Waals surface area contributed by atoms with Crippen LogP contribution >= 0.6 is 27.5 Å². The van der Waals surface area contributed by atoms with Crippen molar-refractivity contribution < 1.29 is 19.0 Å². The SMILES string of the molecule is COc1ccc(Cn2cnc(C(C)O)c(Oc3cc(Cl)cc(Br)c3F)c2=O)cc1. The number of nitrogens with zero attached hydrogens (tertiary/aromatic N) is 2. The van der Waals surface area contributed by atoms with Gasteiger partial charge < -0.3 is 14.6 Å². The molecule has 0 amide bonds. The van der Waals surface area contributed by atoms with Crippen molar-refractivity contribution in [2.75, 3.05) is 7.11 Å². The first-order valence-electron chi connectivity index (χ1n) is 8.53. The number of benzene rings is 2. The topological polar surface area (TPSA) is 73.6 Å². The predicted molar refractivity (Wildman–Crippen MR) is 110 cm³/mol. The Morgan fingerprint density at radius 1 is 1.31 bits per heavy atom. The van der Waals surface area contributed by atoms with Crippen molar-refractivity contribution in [3.8, 4) is 17.2 Å². The van der Waals surface area contributed by atoms with Crippen molar-refractivity contribution in [3.63, 3.8) is 0 Å². The molecule has 29 heavy (non-hydrogen) atoms. The van der Waals surface area contributed by atoms with Crippen LogP contribution in [0.3, 0.4) is 0 Å². The number of ether oxygens (including phenoxy) is 2. The number of rotatable bonds is 6. The zero-order valence-corrected chi connectivity index (χ0v) is 17.9. The Labute approximate surface area is 179 Å². The van der Waals surface area contributed by atoms with E-state index in [1.54, 1.807) is 19.2 Å². The second-order valence-electron chi connectivity index (χ2n) is 6.22. The number of aromatic nitrogens is 2. The fourth-order valence-corrected chi connectivity index (χ4v) is 3.42. The molecule has 2 aromatic carbocycles. The van der Waals surface area contributed by atoms with Gasteiger partial charge in [0, 0.05) is 11.1 Å². The minimum absolute atomic E-state index is 0.00326. The van der Waals surface area contributed by atoms with E-state index in [0.717, 1.165) is 5.56 Å². The maximum absolute atomic E-state index is 14.4. The van der Waals surface area contributed by atoms with Gasteiger partial charge >= 0.3 is 0 Å². The average molecular weight is 484 g/mol.